The number of hydrogen-bond acceptors (Lipinski definition) is 2. The molecule has 0 spiro atoms. The van der Waals surface area contributed by atoms with Crippen molar-refractivity contribution in [1.29, 1.82) is 0 Å². The molecule has 0 aliphatic heterocycles. The third-order valence-corrected chi connectivity index (χ3v) is 3.55. The lowest BCUT2D eigenvalue weighted by Crippen LogP contribution is -2.42. The summed E-state index contributed by atoms with van der Waals surface area (Å²) in [6, 6.07) is 7.37. The molecule has 1 N–H and O–H groups in total. The molecule has 1 aromatic rings. The number of aliphatic hydroxyl groups excluding tert-OH is 1. The molecule has 3 nitrogen and oxygen atoms in total. The number of likely N-dealkylation sites (N-methyl/N-ethyl adjacent to an activating group) is 1. The van der Waals surface area contributed by atoms with Crippen LogP contribution in [0.2, 0.25) is 5.02 Å². The third-order valence-electron chi connectivity index (χ3n) is 3.31. The van der Waals surface area contributed by atoms with E-state index in [4.69, 9.17) is 11.6 Å². The summed E-state index contributed by atoms with van der Waals surface area (Å²) in [4.78, 5) is 14.2. The molecule has 1 amide bonds. The van der Waals surface area contributed by atoms with Gasteiger partial charge in [-0.3, -0.25) is 4.79 Å². The van der Waals surface area contributed by atoms with Gasteiger partial charge in [-0.1, -0.05) is 23.7 Å². The van der Waals surface area contributed by atoms with E-state index in [0.29, 0.717) is 18.0 Å². The number of rotatable bonds is 5. The summed E-state index contributed by atoms with van der Waals surface area (Å²) < 4.78 is 0. The van der Waals surface area contributed by atoms with E-state index in [1.54, 1.807) is 24.9 Å². The average molecular weight is 284 g/mol. The maximum atomic E-state index is 12.5. The lowest BCUT2D eigenvalue weighted by Gasteiger charge is -2.30. The van der Waals surface area contributed by atoms with Gasteiger partial charge in [-0.2, -0.15) is 0 Å². The van der Waals surface area contributed by atoms with Gasteiger partial charge in [-0.15, -0.1) is 0 Å². The molecule has 0 bridgehead atoms. The smallest absolute Gasteiger partial charge is 0.232 e. The predicted octanol–water partition coefficient (Wildman–Crippen LogP) is 2.85. The number of benzene rings is 1. The van der Waals surface area contributed by atoms with E-state index in [-0.39, 0.29) is 5.91 Å². The maximum Gasteiger partial charge on any atom is 0.232 e. The molecule has 0 radical (unpaired) electrons. The molecule has 4 heteroatoms. The summed E-state index contributed by atoms with van der Waals surface area (Å²) in [7, 11) is 1.76. The second-order valence-corrected chi connectivity index (χ2v) is 5.94. The van der Waals surface area contributed by atoms with Gasteiger partial charge in [0.25, 0.3) is 0 Å². The van der Waals surface area contributed by atoms with E-state index in [2.05, 4.69) is 0 Å². The number of halogens is 1. The summed E-state index contributed by atoms with van der Waals surface area (Å²) >= 11 is 5.98. The molecule has 0 heterocycles. The normalized spacial score (nSPS) is 13.2. The second kappa shape index (κ2) is 6.40. The second-order valence-electron chi connectivity index (χ2n) is 5.50. The first-order chi connectivity index (χ1) is 8.75. The molecule has 1 aromatic carbocycles. The summed E-state index contributed by atoms with van der Waals surface area (Å²) in [6.07, 6.45) is 0.179. The largest absolute Gasteiger partial charge is 0.393 e. The Morgan fingerprint density at radius 3 is 2.63 bits per heavy atom. The topological polar surface area (TPSA) is 40.5 Å². The molecule has 0 aromatic heterocycles. The van der Waals surface area contributed by atoms with Crippen LogP contribution < -0.4 is 0 Å². The predicted molar refractivity (Wildman–Crippen MR) is 78.4 cm³/mol. The number of carbonyl (C=O) groups excluding carboxylic acids is 1. The zero-order valence-corrected chi connectivity index (χ0v) is 12.7. The van der Waals surface area contributed by atoms with Crippen LogP contribution in [0.1, 0.15) is 32.8 Å². The maximum absolute atomic E-state index is 12.5. The van der Waals surface area contributed by atoms with Crippen LogP contribution in [0, 0.1) is 0 Å². The van der Waals surface area contributed by atoms with E-state index in [0.717, 1.165) is 5.56 Å². The van der Waals surface area contributed by atoms with E-state index < -0.39 is 11.5 Å². The van der Waals surface area contributed by atoms with E-state index in [1.807, 2.05) is 32.0 Å². The number of hydrogen-bond donors (Lipinski definition) is 1. The molecule has 19 heavy (non-hydrogen) atoms. The highest BCUT2D eigenvalue weighted by atomic mass is 35.5. The fourth-order valence-corrected chi connectivity index (χ4v) is 2.15. The molecule has 0 fully saturated rings. The molecule has 1 unspecified atom stereocenters. The van der Waals surface area contributed by atoms with Crippen LogP contribution in [-0.2, 0) is 10.2 Å². The van der Waals surface area contributed by atoms with Crippen LogP contribution in [0.15, 0.2) is 24.3 Å². The zero-order chi connectivity index (χ0) is 14.6. The quantitative estimate of drug-likeness (QED) is 0.903. The van der Waals surface area contributed by atoms with E-state index in [9.17, 15) is 9.90 Å². The summed E-state index contributed by atoms with van der Waals surface area (Å²) in [5.41, 5.74) is 0.270. The van der Waals surface area contributed by atoms with Crippen LogP contribution in [0.5, 0.6) is 0 Å². The molecule has 106 valence electrons. The minimum absolute atomic E-state index is 0.0235. The number of nitrogens with zero attached hydrogens (tertiary/aromatic N) is 1. The average Bonchev–Trinajstić information content (AvgIpc) is 2.34. The van der Waals surface area contributed by atoms with Gasteiger partial charge in [0.05, 0.1) is 11.5 Å². The minimum Gasteiger partial charge on any atom is -0.393 e. The first-order valence-electron chi connectivity index (χ1n) is 6.45. The lowest BCUT2D eigenvalue weighted by atomic mass is 9.83. The highest BCUT2D eigenvalue weighted by Crippen LogP contribution is 2.27. The Balaban J connectivity index is 2.84. The molecule has 0 aliphatic rings. The van der Waals surface area contributed by atoms with Crippen LogP contribution in [0.3, 0.4) is 0 Å². The molecule has 0 aliphatic carbocycles. The van der Waals surface area contributed by atoms with Crippen molar-refractivity contribution in [3.05, 3.63) is 34.9 Å². The van der Waals surface area contributed by atoms with Crippen molar-refractivity contribution < 1.29 is 9.90 Å². The highest BCUT2D eigenvalue weighted by Gasteiger charge is 2.32. The Morgan fingerprint density at radius 1 is 1.47 bits per heavy atom. The van der Waals surface area contributed by atoms with Crippen LogP contribution in [0.4, 0.5) is 0 Å². The number of amides is 1. The van der Waals surface area contributed by atoms with Crippen molar-refractivity contribution >= 4 is 17.5 Å². The fraction of sp³-hybridized carbons (Fsp3) is 0.533. The standard InChI is InChI=1S/C15H22ClNO2/c1-11(18)8-9-17(4)14(19)15(2,3)12-6-5-7-13(16)10-12/h5-7,10-11,18H,8-9H2,1-4H3. The van der Waals surface area contributed by atoms with Crippen molar-refractivity contribution in [2.45, 2.75) is 38.7 Å². The van der Waals surface area contributed by atoms with Crippen molar-refractivity contribution in [2.24, 2.45) is 0 Å². The first kappa shape index (κ1) is 16.0. The lowest BCUT2D eigenvalue weighted by molar-refractivity contribution is -0.135. The van der Waals surface area contributed by atoms with Gasteiger partial charge < -0.3 is 10.0 Å². The Bertz CT molecular complexity index is 444. The fourth-order valence-electron chi connectivity index (χ4n) is 1.96. The number of carbonyl (C=O) groups is 1. The molecule has 1 atom stereocenters. The van der Waals surface area contributed by atoms with Crippen molar-refractivity contribution in [2.75, 3.05) is 13.6 Å². The summed E-state index contributed by atoms with van der Waals surface area (Å²) in [6.45, 7) is 6.04. The third kappa shape index (κ3) is 4.22. The first-order valence-corrected chi connectivity index (χ1v) is 6.82. The molecular formula is C15H22ClNO2. The molecule has 0 saturated heterocycles. The SMILES string of the molecule is CC(O)CCN(C)C(=O)C(C)(C)c1cccc(Cl)c1. The van der Waals surface area contributed by atoms with Gasteiger partial charge in [-0.05, 0) is 44.9 Å². The van der Waals surface area contributed by atoms with Crippen LogP contribution in [0.25, 0.3) is 0 Å². The van der Waals surface area contributed by atoms with Gasteiger partial charge in [0.1, 0.15) is 0 Å². The Morgan fingerprint density at radius 2 is 2.11 bits per heavy atom. The van der Waals surface area contributed by atoms with Crippen molar-refractivity contribution in [1.82, 2.24) is 4.90 Å². The summed E-state index contributed by atoms with van der Waals surface area (Å²) in [5.74, 6) is 0.0235. The number of aliphatic hydroxyl groups is 1. The van der Waals surface area contributed by atoms with Crippen LogP contribution >= 0.6 is 11.6 Å². The van der Waals surface area contributed by atoms with Gasteiger partial charge in [0.2, 0.25) is 5.91 Å². The monoisotopic (exact) mass is 283 g/mol. The minimum atomic E-state index is -0.627. The van der Waals surface area contributed by atoms with Gasteiger partial charge in [0, 0.05) is 18.6 Å². The molecular weight excluding hydrogens is 262 g/mol. The molecule has 0 saturated carbocycles. The van der Waals surface area contributed by atoms with Gasteiger partial charge in [-0.25, -0.2) is 0 Å². The van der Waals surface area contributed by atoms with E-state index >= 15 is 0 Å². The van der Waals surface area contributed by atoms with Crippen LogP contribution in [-0.4, -0.2) is 35.6 Å². The van der Waals surface area contributed by atoms with Crippen molar-refractivity contribution in [3.8, 4) is 0 Å². The highest BCUT2D eigenvalue weighted by molar-refractivity contribution is 6.30. The Kier molecular flexibility index (Phi) is 5.39. The Labute approximate surface area is 120 Å². The molecule has 1 rings (SSSR count). The summed E-state index contributed by atoms with van der Waals surface area (Å²) in [5, 5.41) is 9.91. The Hall–Kier alpha value is -1.06. The van der Waals surface area contributed by atoms with E-state index in [1.165, 1.54) is 0 Å². The van der Waals surface area contributed by atoms with Crippen molar-refractivity contribution in [3.63, 3.8) is 0 Å². The van der Waals surface area contributed by atoms with Gasteiger partial charge >= 0.3 is 0 Å². The van der Waals surface area contributed by atoms with Gasteiger partial charge in [0.15, 0.2) is 0 Å². The zero-order valence-electron chi connectivity index (χ0n) is 12.0.